The van der Waals surface area contributed by atoms with Gasteiger partial charge in [-0.15, -0.1) is 0 Å². The van der Waals surface area contributed by atoms with E-state index in [2.05, 4.69) is 9.80 Å². The molecule has 9 nitrogen and oxygen atoms in total. The summed E-state index contributed by atoms with van der Waals surface area (Å²) in [7, 11) is 0. The Bertz CT molecular complexity index is 1200. The highest BCUT2D eigenvalue weighted by Crippen LogP contribution is 2.24. The molecule has 9 heteroatoms. The molecule has 1 aromatic heterocycles. The molecule has 1 N–H and O–H groups in total. The minimum Gasteiger partial charge on any atom is -0.485 e. The Morgan fingerprint density at radius 1 is 0.974 bits per heavy atom. The molecule has 3 rings (SSSR count). The second-order valence-electron chi connectivity index (χ2n) is 11.3. The number of aliphatic hydroxyl groups is 1. The Hall–Kier alpha value is -2.91. The number of piperazine rings is 1. The van der Waals surface area contributed by atoms with Crippen molar-refractivity contribution in [3.63, 3.8) is 0 Å². The third-order valence-corrected chi connectivity index (χ3v) is 7.15. The summed E-state index contributed by atoms with van der Waals surface area (Å²) in [6, 6.07) is 8.37. The predicted molar refractivity (Wildman–Crippen MR) is 151 cm³/mol. The van der Waals surface area contributed by atoms with Crippen LogP contribution in [0, 0.1) is 0 Å². The van der Waals surface area contributed by atoms with Gasteiger partial charge in [-0.2, -0.15) is 0 Å². The molecule has 0 saturated carbocycles. The summed E-state index contributed by atoms with van der Waals surface area (Å²) in [6.07, 6.45) is 0.581. The number of ether oxygens (including phenoxy) is 1. The first-order valence-corrected chi connectivity index (χ1v) is 13.7. The highest BCUT2D eigenvalue weighted by atomic mass is 16.5. The largest absolute Gasteiger partial charge is 0.485 e. The standard InChI is InChI=1S/C29H44N4O5/c1-8-9-24(34)22-10-12-23(13-11-22)38-29(6,7)25(35)19-30-14-16-31(17-15-30)26-18-27(36)33(21(4)5)28(37)32(26)20(2)3/h10-13,18,20-21,25,35H,8-9,14-17,19H2,1-7H3. The lowest BCUT2D eigenvalue weighted by molar-refractivity contribution is -0.0449. The lowest BCUT2D eigenvalue weighted by Crippen LogP contribution is -2.54. The molecule has 2 aromatic rings. The van der Waals surface area contributed by atoms with Gasteiger partial charge in [0, 0.05) is 62.9 Å². The third-order valence-electron chi connectivity index (χ3n) is 7.15. The summed E-state index contributed by atoms with van der Waals surface area (Å²) < 4.78 is 9.11. The van der Waals surface area contributed by atoms with E-state index in [0.717, 1.165) is 6.42 Å². The van der Waals surface area contributed by atoms with E-state index in [1.165, 1.54) is 4.57 Å². The zero-order valence-corrected chi connectivity index (χ0v) is 23.9. The molecular weight excluding hydrogens is 484 g/mol. The first kappa shape index (κ1) is 29.6. The van der Waals surface area contributed by atoms with Crippen LogP contribution in [0.1, 0.15) is 83.7 Å². The van der Waals surface area contributed by atoms with Crippen LogP contribution >= 0.6 is 0 Å². The normalized spacial score (nSPS) is 15.8. The quantitative estimate of drug-likeness (QED) is 0.446. The second kappa shape index (κ2) is 12.3. The van der Waals surface area contributed by atoms with Crippen molar-refractivity contribution in [1.29, 1.82) is 0 Å². The van der Waals surface area contributed by atoms with Crippen LogP contribution in [0.15, 0.2) is 39.9 Å². The first-order chi connectivity index (χ1) is 17.9. The van der Waals surface area contributed by atoms with Gasteiger partial charge in [-0.1, -0.05) is 6.92 Å². The van der Waals surface area contributed by atoms with E-state index in [1.807, 2.05) is 48.5 Å². The van der Waals surface area contributed by atoms with E-state index < -0.39 is 11.7 Å². The van der Waals surface area contributed by atoms with E-state index >= 15 is 0 Å². The fourth-order valence-electron chi connectivity index (χ4n) is 4.84. The van der Waals surface area contributed by atoms with Crippen LogP contribution in [-0.2, 0) is 0 Å². The molecule has 1 aromatic carbocycles. The molecule has 1 aliphatic rings. The number of anilines is 1. The van der Waals surface area contributed by atoms with Crippen LogP contribution in [0.4, 0.5) is 5.82 Å². The number of rotatable bonds is 11. The van der Waals surface area contributed by atoms with Crippen molar-refractivity contribution in [3.05, 3.63) is 56.7 Å². The molecule has 0 spiro atoms. The monoisotopic (exact) mass is 528 g/mol. The number of hydrogen-bond donors (Lipinski definition) is 1. The van der Waals surface area contributed by atoms with Crippen molar-refractivity contribution in [1.82, 2.24) is 14.0 Å². The number of β-amino-alcohol motifs (C(OH)–C–C–N with tert-alkyl or cyclic N) is 1. The fourth-order valence-corrected chi connectivity index (χ4v) is 4.84. The van der Waals surface area contributed by atoms with Gasteiger partial charge in [-0.05, 0) is 72.2 Å². The van der Waals surface area contributed by atoms with Gasteiger partial charge in [0.2, 0.25) is 0 Å². The van der Waals surface area contributed by atoms with Crippen molar-refractivity contribution in [2.24, 2.45) is 0 Å². The highest BCUT2D eigenvalue weighted by molar-refractivity contribution is 5.96. The molecule has 0 aliphatic carbocycles. The molecule has 0 radical (unpaired) electrons. The van der Waals surface area contributed by atoms with Crippen molar-refractivity contribution in [2.45, 2.75) is 85.1 Å². The summed E-state index contributed by atoms with van der Waals surface area (Å²) in [5.74, 6) is 1.37. The molecule has 1 aliphatic heterocycles. The molecular formula is C29H44N4O5. The Morgan fingerprint density at radius 2 is 1.55 bits per heavy atom. The lowest BCUT2D eigenvalue weighted by Gasteiger charge is -2.40. The molecule has 0 bridgehead atoms. The fraction of sp³-hybridized carbons (Fsp3) is 0.621. The van der Waals surface area contributed by atoms with E-state index in [9.17, 15) is 19.5 Å². The minimum absolute atomic E-state index is 0.0836. The minimum atomic E-state index is -0.842. The number of carbonyl (C=O) groups excluding carboxylic acids is 1. The maximum Gasteiger partial charge on any atom is 0.333 e. The van der Waals surface area contributed by atoms with Crippen LogP contribution in [0.3, 0.4) is 0 Å². The summed E-state index contributed by atoms with van der Waals surface area (Å²) in [5, 5.41) is 11.0. The molecule has 1 unspecified atom stereocenters. The zero-order valence-electron chi connectivity index (χ0n) is 23.9. The maximum absolute atomic E-state index is 13.1. The van der Waals surface area contributed by atoms with Crippen molar-refractivity contribution >= 4 is 11.6 Å². The van der Waals surface area contributed by atoms with E-state index in [1.54, 1.807) is 34.9 Å². The number of aromatic nitrogens is 2. The van der Waals surface area contributed by atoms with E-state index in [4.69, 9.17) is 4.74 Å². The Kier molecular flexibility index (Phi) is 9.59. The average molecular weight is 529 g/mol. The van der Waals surface area contributed by atoms with Gasteiger partial charge in [-0.3, -0.25) is 23.6 Å². The highest BCUT2D eigenvalue weighted by Gasteiger charge is 2.33. The van der Waals surface area contributed by atoms with Gasteiger partial charge < -0.3 is 14.7 Å². The molecule has 1 atom stereocenters. The Balaban J connectivity index is 1.64. The lowest BCUT2D eigenvalue weighted by atomic mass is 10.00. The van der Waals surface area contributed by atoms with Gasteiger partial charge in [0.1, 0.15) is 23.3 Å². The number of Topliss-reactive ketones (excluding diaryl/α,β-unsaturated/α-hetero) is 1. The summed E-state index contributed by atoms with van der Waals surface area (Å²) in [4.78, 5) is 42.2. The van der Waals surface area contributed by atoms with Crippen LogP contribution < -0.4 is 20.9 Å². The number of hydrogen-bond acceptors (Lipinski definition) is 7. The summed E-state index contributed by atoms with van der Waals surface area (Å²) in [5.41, 5.74) is -0.737. The number of benzene rings is 1. The van der Waals surface area contributed by atoms with E-state index in [0.29, 0.717) is 56.3 Å². The average Bonchev–Trinajstić information content (AvgIpc) is 2.84. The van der Waals surface area contributed by atoms with Crippen molar-refractivity contribution in [3.8, 4) is 5.75 Å². The Morgan fingerprint density at radius 3 is 2.08 bits per heavy atom. The van der Waals surface area contributed by atoms with E-state index in [-0.39, 0.29) is 29.1 Å². The SMILES string of the molecule is CCCC(=O)c1ccc(OC(C)(C)C(O)CN2CCN(c3cc(=O)n(C(C)C)c(=O)n3C(C)C)CC2)cc1. The molecule has 0 amide bonds. The number of carbonyl (C=O) groups is 1. The maximum atomic E-state index is 13.1. The van der Waals surface area contributed by atoms with Crippen LogP contribution in [0.25, 0.3) is 0 Å². The Labute approximate surface area is 225 Å². The van der Waals surface area contributed by atoms with Gasteiger partial charge in [-0.25, -0.2) is 4.79 Å². The van der Waals surface area contributed by atoms with Crippen molar-refractivity contribution < 1.29 is 14.6 Å². The van der Waals surface area contributed by atoms with Crippen LogP contribution in [-0.4, -0.2) is 69.4 Å². The second-order valence-corrected chi connectivity index (χ2v) is 11.3. The van der Waals surface area contributed by atoms with Crippen molar-refractivity contribution in [2.75, 3.05) is 37.6 Å². The van der Waals surface area contributed by atoms with Gasteiger partial charge in [0.15, 0.2) is 5.78 Å². The van der Waals surface area contributed by atoms with Gasteiger partial charge >= 0.3 is 5.69 Å². The number of nitrogens with zero attached hydrogens (tertiary/aromatic N) is 4. The van der Waals surface area contributed by atoms with Crippen LogP contribution in [0.2, 0.25) is 0 Å². The predicted octanol–water partition coefficient (Wildman–Crippen LogP) is 3.50. The third kappa shape index (κ3) is 6.74. The molecule has 38 heavy (non-hydrogen) atoms. The summed E-state index contributed by atoms with van der Waals surface area (Å²) >= 11 is 0. The molecule has 1 fully saturated rings. The zero-order chi connectivity index (χ0) is 28.2. The smallest absolute Gasteiger partial charge is 0.333 e. The van der Waals surface area contributed by atoms with Crippen LogP contribution in [0.5, 0.6) is 5.75 Å². The molecule has 210 valence electrons. The molecule has 1 saturated heterocycles. The summed E-state index contributed by atoms with van der Waals surface area (Å²) in [6.45, 7) is 16.3. The van der Waals surface area contributed by atoms with Gasteiger partial charge in [0.05, 0.1) is 0 Å². The van der Waals surface area contributed by atoms with Gasteiger partial charge in [0.25, 0.3) is 5.56 Å². The number of ketones is 1. The first-order valence-electron chi connectivity index (χ1n) is 13.7. The number of aliphatic hydroxyl groups excluding tert-OH is 1. The topological polar surface area (TPSA) is 97.0 Å². The molecule has 2 heterocycles.